The van der Waals surface area contributed by atoms with Gasteiger partial charge in [-0.3, -0.25) is 4.79 Å². The molecular weight excluding hydrogens is 445 g/mol. The second kappa shape index (κ2) is 10.2. The summed E-state index contributed by atoms with van der Waals surface area (Å²) in [6.07, 6.45) is 0.367. The highest BCUT2D eigenvalue weighted by Crippen LogP contribution is 2.26. The van der Waals surface area contributed by atoms with Crippen molar-refractivity contribution in [3.8, 4) is 0 Å². The number of carbonyl (C=O) groups excluding carboxylic acids is 2. The van der Waals surface area contributed by atoms with Crippen molar-refractivity contribution >= 4 is 21.7 Å². The van der Waals surface area contributed by atoms with Gasteiger partial charge >= 0.3 is 5.97 Å². The van der Waals surface area contributed by atoms with Gasteiger partial charge in [0.15, 0.2) is 5.54 Å². The Morgan fingerprint density at radius 3 is 1.97 bits per heavy atom. The lowest BCUT2D eigenvalue weighted by atomic mass is 9.90. The molecule has 0 fully saturated rings. The number of benzene rings is 3. The first kappa shape index (κ1) is 23.9. The summed E-state index contributed by atoms with van der Waals surface area (Å²) in [6.45, 7) is 0. The Bertz CT molecular complexity index is 1250. The average molecular weight is 468 g/mol. The maximum Gasteiger partial charge on any atom is 0.336 e. The number of sulfone groups is 1. The minimum atomic E-state index is -4.57. The van der Waals surface area contributed by atoms with Crippen LogP contribution in [0.25, 0.3) is 0 Å². The van der Waals surface area contributed by atoms with Crippen LogP contribution in [0.15, 0.2) is 107 Å². The first-order chi connectivity index (χ1) is 15.8. The summed E-state index contributed by atoms with van der Waals surface area (Å²) in [5.41, 5.74) is -1.37. The van der Waals surface area contributed by atoms with Crippen molar-refractivity contribution in [2.45, 2.75) is 16.9 Å². The van der Waals surface area contributed by atoms with Gasteiger partial charge in [0.1, 0.15) is 0 Å². The minimum Gasteiger partial charge on any atom is -0.467 e. The highest BCUT2D eigenvalue weighted by atomic mass is 32.2. The minimum absolute atomic E-state index is 0.207. The molecule has 0 aliphatic rings. The number of rotatable bonds is 8. The third-order valence-corrected chi connectivity index (χ3v) is 6.44. The summed E-state index contributed by atoms with van der Waals surface area (Å²) in [5.74, 6) is -1.72. The zero-order valence-corrected chi connectivity index (χ0v) is 18.6. The summed E-state index contributed by atoms with van der Waals surface area (Å²) in [4.78, 5) is 25.6. The number of esters is 1. The summed E-state index contributed by atoms with van der Waals surface area (Å²) in [6, 6.07) is 23.5. The second-order valence-corrected chi connectivity index (χ2v) is 9.08. The fraction of sp³-hybridized carbons (Fsp3) is 0.120. The molecule has 3 aromatic carbocycles. The average Bonchev–Trinajstić information content (AvgIpc) is 2.85. The first-order valence-electron chi connectivity index (χ1n) is 9.97. The van der Waals surface area contributed by atoms with E-state index in [-0.39, 0.29) is 16.9 Å². The number of carbonyl (C=O) groups is 2. The number of halogens is 1. The van der Waals surface area contributed by atoms with Crippen LogP contribution in [0.5, 0.6) is 0 Å². The highest BCUT2D eigenvalue weighted by Gasteiger charge is 2.42. The lowest BCUT2D eigenvalue weighted by Crippen LogP contribution is -2.55. The Kier molecular flexibility index (Phi) is 7.40. The zero-order chi connectivity index (χ0) is 23.9. The molecule has 33 heavy (non-hydrogen) atoms. The maximum atomic E-state index is 15.3. The van der Waals surface area contributed by atoms with Gasteiger partial charge < -0.3 is 10.1 Å². The molecule has 0 bridgehead atoms. The summed E-state index contributed by atoms with van der Waals surface area (Å²) >= 11 is 0. The molecule has 0 aromatic heterocycles. The van der Waals surface area contributed by atoms with Gasteiger partial charge in [-0.2, -0.15) is 4.39 Å². The number of ether oxygens (including phenoxy) is 1. The molecule has 170 valence electrons. The van der Waals surface area contributed by atoms with Crippen LogP contribution in [0.1, 0.15) is 15.9 Å². The van der Waals surface area contributed by atoms with Crippen molar-refractivity contribution in [1.82, 2.24) is 5.32 Å². The fourth-order valence-electron chi connectivity index (χ4n) is 3.26. The molecule has 0 spiro atoms. The normalized spacial score (nSPS) is 13.6. The molecule has 0 aliphatic heterocycles. The summed E-state index contributed by atoms with van der Waals surface area (Å²) in [7, 11) is -3.49. The molecule has 1 N–H and O–H groups in total. The van der Waals surface area contributed by atoms with Gasteiger partial charge in [0.2, 0.25) is 15.0 Å². The maximum absolute atomic E-state index is 15.3. The molecule has 8 heteroatoms. The van der Waals surface area contributed by atoms with E-state index in [1.54, 1.807) is 54.6 Å². The predicted molar refractivity (Wildman–Crippen MR) is 122 cm³/mol. The van der Waals surface area contributed by atoms with E-state index in [1.165, 1.54) is 36.4 Å². The van der Waals surface area contributed by atoms with E-state index >= 15 is 4.39 Å². The number of nitrogens with one attached hydrogen (secondary N) is 1. The second-order valence-electron chi connectivity index (χ2n) is 7.21. The van der Waals surface area contributed by atoms with Crippen molar-refractivity contribution in [1.29, 1.82) is 0 Å². The number of amides is 1. The molecule has 3 aromatic rings. The Hall–Kier alpha value is -3.78. The van der Waals surface area contributed by atoms with Crippen molar-refractivity contribution < 1.29 is 27.1 Å². The Morgan fingerprint density at radius 2 is 1.42 bits per heavy atom. The van der Waals surface area contributed by atoms with E-state index in [4.69, 9.17) is 4.74 Å². The van der Waals surface area contributed by atoms with E-state index < -0.39 is 32.4 Å². The molecule has 0 unspecified atom stereocenters. The lowest BCUT2D eigenvalue weighted by Gasteiger charge is -2.29. The van der Waals surface area contributed by atoms with Gasteiger partial charge in [-0.15, -0.1) is 0 Å². The van der Waals surface area contributed by atoms with E-state index in [0.29, 0.717) is 11.6 Å². The third-order valence-electron chi connectivity index (χ3n) is 4.92. The fourth-order valence-corrected chi connectivity index (χ4v) is 4.36. The van der Waals surface area contributed by atoms with Crippen LogP contribution >= 0.6 is 0 Å². The van der Waals surface area contributed by atoms with Crippen LogP contribution in [-0.2, 0) is 25.8 Å². The summed E-state index contributed by atoms with van der Waals surface area (Å²) < 4.78 is 45.9. The molecule has 0 radical (unpaired) electrons. The van der Waals surface area contributed by atoms with Gasteiger partial charge in [0, 0.05) is 18.1 Å². The monoisotopic (exact) mass is 467 g/mol. The Morgan fingerprint density at radius 1 is 0.909 bits per heavy atom. The van der Waals surface area contributed by atoms with Crippen molar-refractivity contribution in [3.05, 3.63) is 113 Å². The van der Waals surface area contributed by atoms with E-state index in [1.807, 2.05) is 0 Å². The molecule has 0 saturated heterocycles. The number of methoxy groups -OCH3 is 1. The van der Waals surface area contributed by atoms with E-state index in [2.05, 4.69) is 5.32 Å². The zero-order valence-electron chi connectivity index (χ0n) is 17.8. The topological polar surface area (TPSA) is 89.5 Å². The SMILES string of the molecule is COC(=O)[C@](/C=C(\F)S(=O)(=O)c1ccccc1)(Cc1ccccc1)NC(=O)c1ccccc1. The predicted octanol–water partition coefficient (Wildman–Crippen LogP) is 3.86. The van der Waals surface area contributed by atoms with Gasteiger partial charge in [-0.25, -0.2) is 13.2 Å². The standard InChI is InChI=1S/C25H22FNO5S/c1-32-24(29)25(17-19-11-5-2-6-12-19,27-23(28)20-13-7-3-8-14-20)18-22(26)33(30,31)21-15-9-4-10-16-21/h2-16,18H,17H2,1H3,(H,27,28)/b22-18+/t25-/m1/s1. The molecule has 1 atom stereocenters. The van der Waals surface area contributed by atoms with Crippen molar-refractivity contribution in [2.75, 3.05) is 7.11 Å². The molecule has 0 saturated carbocycles. The summed E-state index contributed by atoms with van der Waals surface area (Å²) in [5, 5.41) is 0.926. The van der Waals surface area contributed by atoms with Gasteiger partial charge in [-0.1, -0.05) is 66.7 Å². The van der Waals surface area contributed by atoms with Crippen LogP contribution in [0, 0.1) is 0 Å². The largest absolute Gasteiger partial charge is 0.467 e. The van der Waals surface area contributed by atoms with Crippen LogP contribution in [0.4, 0.5) is 4.39 Å². The van der Waals surface area contributed by atoms with E-state index in [9.17, 15) is 18.0 Å². The number of hydrogen-bond donors (Lipinski definition) is 1. The third kappa shape index (κ3) is 5.53. The lowest BCUT2D eigenvalue weighted by molar-refractivity contribution is -0.146. The van der Waals surface area contributed by atoms with Crippen LogP contribution in [0.2, 0.25) is 0 Å². The molecule has 3 rings (SSSR count). The Labute approximate surface area is 191 Å². The van der Waals surface area contributed by atoms with Crippen LogP contribution < -0.4 is 5.32 Å². The van der Waals surface area contributed by atoms with E-state index in [0.717, 1.165) is 7.11 Å². The number of hydrogen-bond acceptors (Lipinski definition) is 5. The Balaban J connectivity index is 2.14. The molecule has 0 aliphatic carbocycles. The first-order valence-corrected chi connectivity index (χ1v) is 11.5. The van der Waals surface area contributed by atoms with Crippen LogP contribution in [-0.4, -0.2) is 32.9 Å². The molecule has 1 amide bonds. The van der Waals surface area contributed by atoms with Gasteiger partial charge in [-0.05, 0) is 29.8 Å². The van der Waals surface area contributed by atoms with Crippen molar-refractivity contribution in [2.24, 2.45) is 0 Å². The van der Waals surface area contributed by atoms with Gasteiger partial charge in [0.05, 0.1) is 12.0 Å². The smallest absolute Gasteiger partial charge is 0.336 e. The van der Waals surface area contributed by atoms with Gasteiger partial charge in [0.25, 0.3) is 5.91 Å². The highest BCUT2D eigenvalue weighted by molar-refractivity contribution is 7.95. The quantitative estimate of drug-likeness (QED) is 0.508. The molecule has 0 heterocycles. The molecule has 6 nitrogen and oxygen atoms in total. The molecular formula is C25H22FNO5S. The van der Waals surface area contributed by atoms with Crippen molar-refractivity contribution in [3.63, 3.8) is 0 Å². The van der Waals surface area contributed by atoms with Crippen LogP contribution in [0.3, 0.4) is 0 Å².